The summed E-state index contributed by atoms with van der Waals surface area (Å²) >= 11 is 3.37. The highest BCUT2D eigenvalue weighted by molar-refractivity contribution is 9.10. The highest BCUT2D eigenvalue weighted by Gasteiger charge is 2.13. The van der Waals surface area contributed by atoms with Crippen LogP contribution in [0.5, 0.6) is 5.88 Å². The number of hydrogen-bond acceptors (Lipinski definition) is 3. The van der Waals surface area contributed by atoms with E-state index in [1.807, 2.05) is 24.3 Å². The van der Waals surface area contributed by atoms with E-state index in [0.29, 0.717) is 6.54 Å². The van der Waals surface area contributed by atoms with Gasteiger partial charge in [-0.05, 0) is 17.7 Å². The van der Waals surface area contributed by atoms with E-state index in [0.717, 1.165) is 10.0 Å². The molecule has 0 aliphatic rings. The molecule has 0 spiro atoms. The van der Waals surface area contributed by atoms with Gasteiger partial charge in [0.05, 0.1) is 5.56 Å². The monoisotopic (exact) mass is 336 g/mol. The number of hydrogen-bond donors (Lipinski definition) is 2. The number of nitrogens with zero attached hydrogens (tertiary/aromatic N) is 1. The predicted octanol–water partition coefficient (Wildman–Crippen LogP) is 2.12. The second-order valence-corrected chi connectivity index (χ2v) is 5.33. The summed E-state index contributed by atoms with van der Waals surface area (Å²) < 4.78 is 0.935. The van der Waals surface area contributed by atoms with Crippen molar-refractivity contribution < 1.29 is 9.90 Å². The normalized spacial score (nSPS) is 10.3. The molecule has 0 unspecified atom stereocenters. The number of rotatable bonds is 3. The van der Waals surface area contributed by atoms with Crippen LogP contribution in [0.25, 0.3) is 0 Å². The van der Waals surface area contributed by atoms with E-state index in [-0.39, 0.29) is 17.4 Å². The van der Waals surface area contributed by atoms with Gasteiger partial charge in [-0.15, -0.1) is 0 Å². The molecular weight excluding hydrogens is 324 g/mol. The van der Waals surface area contributed by atoms with Gasteiger partial charge in [0.25, 0.3) is 11.5 Å². The van der Waals surface area contributed by atoms with Crippen LogP contribution in [0.3, 0.4) is 0 Å². The zero-order valence-electron chi connectivity index (χ0n) is 10.8. The number of aromatic amines is 1. The first-order valence-electron chi connectivity index (χ1n) is 5.89. The van der Waals surface area contributed by atoms with Gasteiger partial charge < -0.3 is 10.0 Å². The molecule has 0 aliphatic heterocycles. The first-order chi connectivity index (χ1) is 9.45. The first kappa shape index (κ1) is 14.3. The largest absolute Gasteiger partial charge is 0.494 e. The molecular formula is C14H13BrN2O3. The smallest absolute Gasteiger partial charge is 0.254 e. The fourth-order valence-corrected chi connectivity index (χ4v) is 2.30. The Hall–Kier alpha value is -2.08. The number of benzene rings is 1. The van der Waals surface area contributed by atoms with Gasteiger partial charge in [-0.1, -0.05) is 28.1 Å². The Labute approximate surface area is 124 Å². The Balaban J connectivity index is 2.18. The molecule has 0 saturated heterocycles. The van der Waals surface area contributed by atoms with Gasteiger partial charge in [-0.2, -0.15) is 0 Å². The lowest BCUT2D eigenvalue weighted by Gasteiger charge is -2.17. The highest BCUT2D eigenvalue weighted by Crippen LogP contribution is 2.14. The maximum atomic E-state index is 12.2. The van der Waals surface area contributed by atoms with Crippen molar-refractivity contribution in [3.05, 3.63) is 62.4 Å². The molecule has 2 rings (SSSR count). The van der Waals surface area contributed by atoms with Gasteiger partial charge in [0, 0.05) is 30.2 Å². The fourth-order valence-electron chi connectivity index (χ4n) is 1.85. The topological polar surface area (TPSA) is 73.4 Å². The Bertz CT molecular complexity index is 697. The van der Waals surface area contributed by atoms with Gasteiger partial charge >= 0.3 is 0 Å². The number of halogens is 1. The third kappa shape index (κ3) is 3.48. The summed E-state index contributed by atoms with van der Waals surface area (Å²) in [4.78, 5) is 27.1. The van der Waals surface area contributed by atoms with Crippen LogP contribution in [0.1, 0.15) is 15.9 Å². The summed E-state index contributed by atoms with van der Waals surface area (Å²) in [6, 6.07) is 10.0. The zero-order chi connectivity index (χ0) is 14.7. The lowest BCUT2D eigenvalue weighted by molar-refractivity contribution is 0.0784. The molecule has 1 heterocycles. The number of carbonyl (C=O) groups is 1. The van der Waals surface area contributed by atoms with Crippen LogP contribution >= 0.6 is 15.9 Å². The van der Waals surface area contributed by atoms with Crippen molar-refractivity contribution in [1.29, 1.82) is 0 Å². The number of carbonyl (C=O) groups excluding carboxylic acids is 1. The molecule has 0 saturated carbocycles. The van der Waals surface area contributed by atoms with Crippen LogP contribution < -0.4 is 5.56 Å². The van der Waals surface area contributed by atoms with E-state index in [1.54, 1.807) is 7.05 Å². The quantitative estimate of drug-likeness (QED) is 0.901. The third-order valence-corrected chi connectivity index (χ3v) is 3.23. The average molecular weight is 337 g/mol. The molecule has 20 heavy (non-hydrogen) atoms. The molecule has 0 radical (unpaired) electrons. The highest BCUT2D eigenvalue weighted by atomic mass is 79.9. The minimum atomic E-state index is -0.510. The summed E-state index contributed by atoms with van der Waals surface area (Å²) in [5.74, 6) is -0.650. The van der Waals surface area contributed by atoms with Gasteiger partial charge in [0.2, 0.25) is 0 Å². The molecule has 1 amide bonds. The van der Waals surface area contributed by atoms with Gasteiger partial charge in [0.1, 0.15) is 0 Å². The molecule has 0 aliphatic carbocycles. The van der Waals surface area contributed by atoms with Crippen LogP contribution in [-0.2, 0) is 6.54 Å². The molecule has 6 heteroatoms. The maximum Gasteiger partial charge on any atom is 0.254 e. The fraction of sp³-hybridized carbons (Fsp3) is 0.143. The summed E-state index contributed by atoms with van der Waals surface area (Å²) in [5.41, 5.74) is 0.609. The van der Waals surface area contributed by atoms with Crippen molar-refractivity contribution in [2.45, 2.75) is 6.54 Å². The van der Waals surface area contributed by atoms with Crippen molar-refractivity contribution in [3.8, 4) is 5.88 Å². The molecule has 1 aromatic carbocycles. The van der Waals surface area contributed by atoms with Gasteiger partial charge in [-0.3, -0.25) is 14.6 Å². The molecule has 0 fully saturated rings. The molecule has 2 aromatic rings. The Kier molecular flexibility index (Phi) is 4.24. The Morgan fingerprint density at radius 3 is 2.75 bits per heavy atom. The van der Waals surface area contributed by atoms with Crippen LogP contribution in [-0.4, -0.2) is 27.9 Å². The van der Waals surface area contributed by atoms with Crippen LogP contribution in [0.4, 0.5) is 0 Å². The van der Waals surface area contributed by atoms with E-state index in [9.17, 15) is 14.7 Å². The average Bonchev–Trinajstić information content (AvgIpc) is 2.36. The number of aromatic hydroxyl groups is 1. The summed E-state index contributed by atoms with van der Waals surface area (Å²) in [5, 5.41) is 9.32. The molecule has 0 bridgehead atoms. The third-order valence-electron chi connectivity index (χ3n) is 2.73. The zero-order valence-corrected chi connectivity index (χ0v) is 12.3. The van der Waals surface area contributed by atoms with E-state index in [2.05, 4.69) is 20.9 Å². The minimum absolute atomic E-state index is 0.156. The van der Waals surface area contributed by atoms with Crippen LogP contribution in [0.15, 0.2) is 45.7 Å². The van der Waals surface area contributed by atoms with Gasteiger partial charge in [-0.25, -0.2) is 0 Å². The van der Waals surface area contributed by atoms with Crippen molar-refractivity contribution in [1.82, 2.24) is 9.88 Å². The SMILES string of the molecule is CN(Cc1cccc(Br)c1)C(=O)c1cc(O)[nH]c(=O)c1. The molecule has 2 N–H and O–H groups in total. The van der Waals surface area contributed by atoms with E-state index < -0.39 is 5.56 Å². The first-order valence-corrected chi connectivity index (χ1v) is 6.68. The van der Waals surface area contributed by atoms with Crippen LogP contribution in [0, 0.1) is 0 Å². The Morgan fingerprint density at radius 1 is 1.35 bits per heavy atom. The van der Waals surface area contributed by atoms with Crippen molar-refractivity contribution in [3.63, 3.8) is 0 Å². The predicted molar refractivity (Wildman–Crippen MR) is 78.7 cm³/mol. The standard InChI is InChI=1S/C14H13BrN2O3/c1-17(8-9-3-2-4-11(15)5-9)14(20)10-6-12(18)16-13(19)7-10/h2-7H,8H2,1H3,(H2,16,18,19). The van der Waals surface area contributed by atoms with Crippen molar-refractivity contribution in [2.75, 3.05) is 7.05 Å². The summed E-state index contributed by atoms with van der Waals surface area (Å²) in [6.07, 6.45) is 0. The number of H-pyrrole nitrogens is 1. The maximum absolute atomic E-state index is 12.2. The number of aromatic nitrogens is 1. The lowest BCUT2D eigenvalue weighted by atomic mass is 10.2. The minimum Gasteiger partial charge on any atom is -0.494 e. The number of amides is 1. The van der Waals surface area contributed by atoms with E-state index in [4.69, 9.17) is 0 Å². The van der Waals surface area contributed by atoms with Crippen molar-refractivity contribution in [2.24, 2.45) is 0 Å². The summed E-state index contributed by atoms with van der Waals surface area (Å²) in [6.45, 7) is 0.409. The summed E-state index contributed by atoms with van der Waals surface area (Å²) in [7, 11) is 1.64. The van der Waals surface area contributed by atoms with E-state index >= 15 is 0 Å². The second-order valence-electron chi connectivity index (χ2n) is 4.41. The van der Waals surface area contributed by atoms with E-state index in [1.165, 1.54) is 17.0 Å². The molecule has 0 atom stereocenters. The van der Waals surface area contributed by atoms with Gasteiger partial charge in [0.15, 0.2) is 5.88 Å². The molecule has 104 valence electrons. The van der Waals surface area contributed by atoms with Crippen molar-refractivity contribution >= 4 is 21.8 Å². The second kappa shape index (κ2) is 5.92. The lowest BCUT2D eigenvalue weighted by Crippen LogP contribution is -2.27. The molecule has 1 aromatic heterocycles. The van der Waals surface area contributed by atoms with Crippen LogP contribution in [0.2, 0.25) is 0 Å². The number of nitrogens with one attached hydrogen (secondary N) is 1. The molecule has 5 nitrogen and oxygen atoms in total. The Morgan fingerprint density at radius 2 is 2.10 bits per heavy atom. The number of pyridine rings is 1.